The van der Waals surface area contributed by atoms with E-state index in [9.17, 15) is 23.5 Å². The van der Waals surface area contributed by atoms with Gasteiger partial charge in [-0.25, -0.2) is 4.79 Å². The summed E-state index contributed by atoms with van der Waals surface area (Å²) >= 11 is 0. The highest BCUT2D eigenvalue weighted by atomic mass is 19.4. The normalized spacial score (nSPS) is 20.5. The van der Waals surface area contributed by atoms with E-state index in [1.807, 2.05) is 12.1 Å². The highest BCUT2D eigenvalue weighted by Gasteiger charge is 2.42. The molecule has 0 unspecified atom stereocenters. The average molecular weight is 471 g/mol. The molecule has 0 amide bonds. The van der Waals surface area contributed by atoms with Gasteiger partial charge in [0.2, 0.25) is 0 Å². The van der Waals surface area contributed by atoms with Crippen molar-refractivity contribution in [3.63, 3.8) is 0 Å². The molecule has 2 aliphatic rings. The summed E-state index contributed by atoms with van der Waals surface area (Å²) in [5, 5.41) is 30.5. The van der Waals surface area contributed by atoms with Crippen molar-refractivity contribution in [2.24, 2.45) is 0 Å². The van der Waals surface area contributed by atoms with Crippen LogP contribution >= 0.6 is 0 Å². The Morgan fingerprint density at radius 2 is 1.70 bits per heavy atom. The van der Waals surface area contributed by atoms with Crippen LogP contribution in [0.4, 0.5) is 13.2 Å². The van der Waals surface area contributed by atoms with E-state index in [4.69, 9.17) is 24.1 Å². The monoisotopic (exact) mass is 471 g/mol. The molecule has 2 N–H and O–H groups in total. The molecule has 1 heterocycles. The second kappa shape index (κ2) is 8.64. The third kappa shape index (κ3) is 4.38. The Morgan fingerprint density at radius 3 is 2.21 bits per heavy atom. The fraction of sp³-hybridized carbons (Fsp3) is 0.409. The molecule has 1 aliphatic carbocycles. The molecule has 11 heteroatoms. The Hall–Kier alpha value is -3.18. The number of aliphatic carboxylic acids is 1. The third-order valence-corrected chi connectivity index (χ3v) is 5.94. The predicted octanol–water partition coefficient (Wildman–Crippen LogP) is 3.82. The van der Waals surface area contributed by atoms with Crippen molar-refractivity contribution in [1.82, 2.24) is 0 Å². The first-order valence-electron chi connectivity index (χ1n) is 9.90. The fourth-order valence-electron chi connectivity index (χ4n) is 4.37. The summed E-state index contributed by atoms with van der Waals surface area (Å²) in [6, 6.07) is 5.28. The lowest BCUT2D eigenvalue weighted by atomic mass is 9.76. The van der Waals surface area contributed by atoms with Crippen molar-refractivity contribution >= 4 is 5.97 Å². The molecule has 0 saturated carbocycles. The van der Waals surface area contributed by atoms with Crippen molar-refractivity contribution < 1.29 is 47.0 Å². The number of hydrogen-bond acceptors (Lipinski definition) is 6. The fourth-order valence-corrected chi connectivity index (χ4v) is 4.37. The number of methoxy groups -OCH3 is 3. The second-order valence-corrected chi connectivity index (χ2v) is 7.91. The molecule has 180 valence electrons. The topological polar surface area (TPSA) is 108 Å². The van der Waals surface area contributed by atoms with E-state index in [0.29, 0.717) is 36.6 Å². The molecule has 0 saturated heterocycles. The van der Waals surface area contributed by atoms with Crippen molar-refractivity contribution in [2.75, 3.05) is 34.9 Å². The smallest absolute Gasteiger partial charge is 0.490 e. The van der Waals surface area contributed by atoms with E-state index in [1.54, 1.807) is 27.3 Å². The Labute approximate surface area is 187 Å². The zero-order chi connectivity index (χ0) is 24.7. The first-order valence-corrected chi connectivity index (χ1v) is 9.90. The number of phenols is 1. The van der Waals surface area contributed by atoms with Crippen molar-refractivity contribution in [3.05, 3.63) is 40.1 Å². The van der Waals surface area contributed by atoms with Crippen LogP contribution in [0.15, 0.2) is 18.2 Å². The summed E-state index contributed by atoms with van der Waals surface area (Å²) in [6.45, 7) is 0.518. The van der Waals surface area contributed by atoms with Gasteiger partial charge in [0.05, 0.1) is 34.9 Å². The number of alkyl halides is 3. The number of benzene rings is 2. The number of fused-ring (bicyclic) bond motifs is 2. The zero-order valence-corrected chi connectivity index (χ0v) is 18.4. The van der Waals surface area contributed by atoms with Crippen LogP contribution in [-0.2, 0) is 17.6 Å². The number of nitrogens with zero attached hydrogens (tertiary/aromatic N) is 1. The number of hydrogen-bond donors (Lipinski definition) is 2. The summed E-state index contributed by atoms with van der Waals surface area (Å²) < 4.78 is 48.0. The predicted molar refractivity (Wildman–Crippen MR) is 111 cm³/mol. The molecule has 2 atom stereocenters. The van der Waals surface area contributed by atoms with Crippen LogP contribution in [0.3, 0.4) is 0 Å². The van der Waals surface area contributed by atoms with Crippen LogP contribution in [0.2, 0.25) is 0 Å². The van der Waals surface area contributed by atoms with Crippen molar-refractivity contribution in [1.29, 1.82) is 0 Å². The van der Waals surface area contributed by atoms with E-state index in [1.165, 1.54) is 7.11 Å². The van der Waals surface area contributed by atoms with Gasteiger partial charge in [0.1, 0.15) is 6.04 Å². The van der Waals surface area contributed by atoms with E-state index < -0.39 is 12.1 Å². The lowest BCUT2D eigenvalue weighted by molar-refractivity contribution is -0.894. The number of halogens is 3. The first-order chi connectivity index (χ1) is 15.3. The van der Waals surface area contributed by atoms with Gasteiger partial charge in [-0.1, -0.05) is 0 Å². The number of likely N-dealkylation sites (N-methyl/N-ethyl adjacent to an activating group) is 1. The molecule has 0 spiro atoms. The quantitative estimate of drug-likeness (QED) is 0.518. The van der Waals surface area contributed by atoms with E-state index in [-0.39, 0.29) is 16.4 Å². The van der Waals surface area contributed by atoms with Crippen LogP contribution in [0.1, 0.15) is 22.7 Å². The standard InChI is InChI=1S/C20H23NO5.C2HF3O2/c1-21(23)6-5-11-9-17(25-3)20(26-4)19-13-10-16(24-2)15(22)8-12(13)7-14(21)18(11)19;3-2(4,5)1(6)7/h8-10,14,22H,5-7H2,1-4H3;(H,6,7)/t14-,21+;/m0./s1. The van der Waals surface area contributed by atoms with Gasteiger partial charge in [0.15, 0.2) is 23.0 Å². The summed E-state index contributed by atoms with van der Waals surface area (Å²) in [5.74, 6) is -1.01. The maximum atomic E-state index is 13.2. The van der Waals surface area contributed by atoms with Crippen LogP contribution in [0.5, 0.6) is 23.0 Å². The Morgan fingerprint density at radius 1 is 1.09 bits per heavy atom. The van der Waals surface area contributed by atoms with Gasteiger partial charge in [-0.2, -0.15) is 13.2 Å². The molecule has 0 aromatic heterocycles. The highest BCUT2D eigenvalue weighted by molar-refractivity contribution is 5.84. The number of quaternary nitrogens is 1. The molecule has 8 nitrogen and oxygen atoms in total. The lowest BCUT2D eigenvalue weighted by Gasteiger charge is -2.51. The maximum Gasteiger partial charge on any atom is 0.490 e. The average Bonchev–Trinajstić information content (AvgIpc) is 2.74. The molecule has 2 aromatic rings. The van der Waals surface area contributed by atoms with E-state index >= 15 is 0 Å². The van der Waals surface area contributed by atoms with E-state index in [2.05, 4.69) is 0 Å². The number of hydroxylamine groups is 3. The van der Waals surface area contributed by atoms with Gasteiger partial charge in [-0.3, -0.25) is 0 Å². The Kier molecular flexibility index (Phi) is 6.40. The van der Waals surface area contributed by atoms with Crippen LogP contribution in [0.25, 0.3) is 11.1 Å². The van der Waals surface area contributed by atoms with Gasteiger partial charge in [-0.15, -0.1) is 0 Å². The first kappa shape index (κ1) is 24.5. The number of aromatic hydroxyl groups is 1. The minimum absolute atomic E-state index is 0.0766. The molecular weight excluding hydrogens is 447 g/mol. The summed E-state index contributed by atoms with van der Waals surface area (Å²) in [6.07, 6.45) is -3.81. The lowest BCUT2D eigenvalue weighted by Crippen LogP contribution is -2.48. The van der Waals surface area contributed by atoms with Gasteiger partial charge in [0.25, 0.3) is 0 Å². The molecular formula is C22H24F3NO7. The molecule has 2 aromatic carbocycles. The maximum absolute atomic E-state index is 13.2. The number of carboxylic acids is 1. The summed E-state index contributed by atoms with van der Waals surface area (Å²) in [7, 11) is 6.47. The van der Waals surface area contributed by atoms with E-state index in [0.717, 1.165) is 27.8 Å². The van der Waals surface area contributed by atoms with Crippen molar-refractivity contribution in [3.8, 4) is 34.1 Å². The van der Waals surface area contributed by atoms with Crippen LogP contribution < -0.4 is 14.2 Å². The Balaban J connectivity index is 0.000000383. The van der Waals surface area contributed by atoms with Crippen molar-refractivity contribution in [2.45, 2.75) is 25.1 Å². The van der Waals surface area contributed by atoms with Crippen LogP contribution in [-0.4, -0.2) is 61.9 Å². The third-order valence-electron chi connectivity index (χ3n) is 5.94. The summed E-state index contributed by atoms with van der Waals surface area (Å²) in [4.78, 5) is 8.90. The Bertz CT molecular complexity index is 1080. The van der Waals surface area contributed by atoms with Gasteiger partial charge in [0, 0.05) is 24.0 Å². The van der Waals surface area contributed by atoms with Gasteiger partial charge < -0.3 is 34.3 Å². The second-order valence-electron chi connectivity index (χ2n) is 7.91. The minimum Gasteiger partial charge on any atom is -0.633 e. The van der Waals surface area contributed by atoms with Gasteiger partial charge in [-0.05, 0) is 34.9 Å². The molecule has 1 aliphatic heterocycles. The number of ether oxygens (including phenoxy) is 3. The molecule has 0 radical (unpaired) electrons. The minimum atomic E-state index is -5.08. The number of rotatable bonds is 3. The number of carbonyl (C=O) groups is 1. The number of phenolic OH excluding ortho intramolecular Hbond substituents is 1. The number of carboxylic acid groups (broad SMARTS) is 1. The summed E-state index contributed by atoms with van der Waals surface area (Å²) in [5.41, 5.74) is 4.88. The molecule has 0 fully saturated rings. The van der Waals surface area contributed by atoms with Gasteiger partial charge >= 0.3 is 12.1 Å². The van der Waals surface area contributed by atoms with Crippen LogP contribution in [0, 0.1) is 5.21 Å². The highest BCUT2D eigenvalue weighted by Crippen LogP contribution is 2.55. The molecule has 0 bridgehead atoms. The largest absolute Gasteiger partial charge is 0.633 e. The SMILES string of the molecule is COc1cc2c(cc1O)C[C@H]1c3c(cc(OC)c(OC)c3-2)CC[N@@+]1(C)[O-].O=C(O)C(F)(F)F. The zero-order valence-electron chi connectivity index (χ0n) is 18.4. The molecule has 4 rings (SSSR count). The molecule has 33 heavy (non-hydrogen) atoms.